The number of rotatable bonds is 4. The number of nitrogens with zero attached hydrogens (tertiary/aromatic N) is 2. The fourth-order valence-electron chi connectivity index (χ4n) is 3.18. The largest absolute Gasteiger partial charge is 0.478 e. The van der Waals surface area contributed by atoms with E-state index in [2.05, 4.69) is 13.8 Å². The van der Waals surface area contributed by atoms with Crippen molar-refractivity contribution in [3.63, 3.8) is 0 Å². The van der Waals surface area contributed by atoms with Crippen LogP contribution in [-0.2, 0) is 14.8 Å². The Morgan fingerprint density at radius 1 is 1.08 bits per heavy atom. The lowest BCUT2D eigenvalue weighted by atomic mass is 10.1. The van der Waals surface area contributed by atoms with E-state index < -0.39 is 16.0 Å². The van der Waals surface area contributed by atoms with E-state index in [9.17, 15) is 18.0 Å². The minimum Gasteiger partial charge on any atom is -0.478 e. The van der Waals surface area contributed by atoms with Crippen molar-refractivity contribution in [3.8, 4) is 0 Å². The van der Waals surface area contributed by atoms with Crippen LogP contribution < -0.4 is 0 Å². The first-order chi connectivity index (χ1) is 11.6. The average Bonchev–Trinajstić information content (AvgIpc) is 3.23. The highest BCUT2D eigenvalue weighted by Gasteiger charge is 2.52. The topological polar surface area (TPSA) is 95.0 Å². The van der Waals surface area contributed by atoms with Crippen LogP contribution in [0.15, 0.2) is 29.2 Å². The van der Waals surface area contributed by atoms with E-state index in [0.29, 0.717) is 13.1 Å². The van der Waals surface area contributed by atoms with E-state index in [4.69, 9.17) is 5.11 Å². The molecule has 1 atom stereocenters. The predicted octanol–water partition coefficient (Wildman–Crippen LogP) is 1.26. The molecule has 3 rings (SSSR count). The van der Waals surface area contributed by atoms with Crippen LogP contribution in [0.4, 0.5) is 0 Å². The molecule has 1 saturated heterocycles. The molecule has 2 fully saturated rings. The Balaban J connectivity index is 1.65. The van der Waals surface area contributed by atoms with Gasteiger partial charge < -0.3 is 10.0 Å². The molecule has 1 aliphatic carbocycles. The van der Waals surface area contributed by atoms with Crippen LogP contribution in [0, 0.1) is 11.3 Å². The quantitative estimate of drug-likeness (QED) is 0.866. The molecule has 1 aliphatic heterocycles. The Morgan fingerprint density at radius 3 is 2.04 bits per heavy atom. The molecule has 8 heteroatoms. The molecule has 1 saturated carbocycles. The Labute approximate surface area is 147 Å². The molecular weight excluding hydrogens is 344 g/mol. The summed E-state index contributed by atoms with van der Waals surface area (Å²) >= 11 is 0. The third-order valence-electron chi connectivity index (χ3n) is 5.10. The normalized spacial score (nSPS) is 23.3. The molecule has 1 unspecified atom stereocenters. The van der Waals surface area contributed by atoms with Gasteiger partial charge in [-0.05, 0) is 36.1 Å². The lowest BCUT2D eigenvalue weighted by Crippen LogP contribution is -2.51. The maximum atomic E-state index is 12.7. The summed E-state index contributed by atoms with van der Waals surface area (Å²) in [4.78, 5) is 25.1. The molecule has 7 nitrogen and oxygen atoms in total. The minimum absolute atomic E-state index is 0.0430. The number of hydrogen-bond donors (Lipinski definition) is 1. The van der Waals surface area contributed by atoms with Gasteiger partial charge in [-0.2, -0.15) is 4.31 Å². The summed E-state index contributed by atoms with van der Waals surface area (Å²) in [6.07, 6.45) is 0.889. The van der Waals surface area contributed by atoms with Crippen molar-refractivity contribution in [1.82, 2.24) is 9.21 Å². The zero-order valence-electron chi connectivity index (χ0n) is 14.3. The fraction of sp³-hybridized carbons (Fsp3) is 0.529. The molecule has 1 N–H and O–H groups in total. The van der Waals surface area contributed by atoms with Crippen molar-refractivity contribution in [2.75, 3.05) is 26.2 Å². The van der Waals surface area contributed by atoms with Crippen molar-refractivity contribution in [1.29, 1.82) is 0 Å². The van der Waals surface area contributed by atoms with Gasteiger partial charge in [-0.3, -0.25) is 4.79 Å². The SMILES string of the molecule is CC1(C)CC1C(=O)N1CCN(S(=O)(=O)c2ccc(C(=O)O)cc2)CC1. The Morgan fingerprint density at radius 2 is 1.60 bits per heavy atom. The molecule has 1 aromatic rings. The van der Waals surface area contributed by atoms with Crippen molar-refractivity contribution in [3.05, 3.63) is 29.8 Å². The summed E-state index contributed by atoms with van der Waals surface area (Å²) in [6, 6.07) is 5.18. The van der Waals surface area contributed by atoms with Crippen LogP contribution in [0.1, 0.15) is 30.6 Å². The third kappa shape index (κ3) is 3.41. The second-order valence-corrected chi connectivity index (χ2v) is 9.24. The standard InChI is InChI=1S/C17H22N2O5S/c1-17(2)11-14(17)15(20)18-7-9-19(10-8-18)25(23,24)13-5-3-12(4-6-13)16(21)22/h3-6,14H,7-11H2,1-2H3,(H,21,22). The van der Waals surface area contributed by atoms with E-state index in [1.165, 1.54) is 28.6 Å². The van der Waals surface area contributed by atoms with Crippen LogP contribution in [0.2, 0.25) is 0 Å². The van der Waals surface area contributed by atoms with Crippen LogP contribution in [0.25, 0.3) is 0 Å². The van der Waals surface area contributed by atoms with E-state index in [1.54, 1.807) is 4.90 Å². The van der Waals surface area contributed by atoms with E-state index in [-0.39, 0.29) is 40.8 Å². The van der Waals surface area contributed by atoms with Crippen LogP contribution in [0.3, 0.4) is 0 Å². The van der Waals surface area contributed by atoms with Crippen LogP contribution in [-0.4, -0.2) is 60.8 Å². The van der Waals surface area contributed by atoms with E-state index in [0.717, 1.165) is 6.42 Å². The smallest absolute Gasteiger partial charge is 0.335 e. The highest BCUT2D eigenvalue weighted by atomic mass is 32.2. The Kier molecular flexibility index (Phi) is 4.36. The van der Waals surface area contributed by atoms with Gasteiger partial charge in [0.2, 0.25) is 15.9 Å². The van der Waals surface area contributed by atoms with Gasteiger partial charge in [0.15, 0.2) is 0 Å². The first-order valence-electron chi connectivity index (χ1n) is 8.25. The summed E-state index contributed by atoms with van der Waals surface area (Å²) in [5.41, 5.74) is 0.105. The summed E-state index contributed by atoms with van der Waals surface area (Å²) in [7, 11) is -3.68. The molecule has 0 radical (unpaired) electrons. The van der Waals surface area contributed by atoms with Gasteiger partial charge in [0.1, 0.15) is 0 Å². The molecular formula is C17H22N2O5S. The number of benzene rings is 1. The number of carboxylic acid groups (broad SMARTS) is 1. The van der Waals surface area contributed by atoms with Gasteiger partial charge >= 0.3 is 5.97 Å². The number of carbonyl (C=O) groups is 2. The number of piperazine rings is 1. The molecule has 0 bridgehead atoms. The van der Waals surface area contributed by atoms with Crippen molar-refractivity contribution in [2.45, 2.75) is 25.2 Å². The van der Waals surface area contributed by atoms with E-state index in [1.807, 2.05) is 0 Å². The van der Waals surface area contributed by atoms with Crippen LogP contribution in [0.5, 0.6) is 0 Å². The number of hydrogen-bond acceptors (Lipinski definition) is 4. The number of sulfonamides is 1. The molecule has 1 amide bonds. The van der Waals surface area contributed by atoms with Crippen molar-refractivity contribution >= 4 is 21.9 Å². The number of carbonyl (C=O) groups excluding carboxylic acids is 1. The molecule has 1 heterocycles. The highest BCUT2D eigenvalue weighted by molar-refractivity contribution is 7.89. The van der Waals surface area contributed by atoms with Gasteiger partial charge in [0, 0.05) is 32.1 Å². The van der Waals surface area contributed by atoms with Gasteiger partial charge in [0.05, 0.1) is 10.5 Å². The van der Waals surface area contributed by atoms with E-state index >= 15 is 0 Å². The zero-order chi connectivity index (χ0) is 18.4. The van der Waals surface area contributed by atoms with Crippen molar-refractivity contribution < 1.29 is 23.1 Å². The number of aromatic carboxylic acids is 1. The number of carboxylic acids is 1. The number of amides is 1. The lowest BCUT2D eigenvalue weighted by Gasteiger charge is -2.34. The predicted molar refractivity (Wildman–Crippen MR) is 90.6 cm³/mol. The second-order valence-electron chi connectivity index (χ2n) is 7.30. The zero-order valence-corrected chi connectivity index (χ0v) is 15.1. The highest BCUT2D eigenvalue weighted by Crippen LogP contribution is 2.52. The Hall–Kier alpha value is -1.93. The Bertz CT molecular complexity index is 793. The van der Waals surface area contributed by atoms with Gasteiger partial charge in [0.25, 0.3) is 0 Å². The lowest BCUT2D eigenvalue weighted by molar-refractivity contribution is -0.134. The third-order valence-corrected chi connectivity index (χ3v) is 7.01. The van der Waals surface area contributed by atoms with Gasteiger partial charge in [-0.15, -0.1) is 0 Å². The maximum Gasteiger partial charge on any atom is 0.335 e. The summed E-state index contributed by atoms with van der Waals surface area (Å²) in [6.45, 7) is 5.41. The monoisotopic (exact) mass is 366 g/mol. The molecule has 0 spiro atoms. The molecule has 2 aliphatic rings. The fourth-order valence-corrected chi connectivity index (χ4v) is 4.60. The van der Waals surface area contributed by atoms with Gasteiger partial charge in [-0.1, -0.05) is 13.8 Å². The summed E-state index contributed by atoms with van der Waals surface area (Å²) < 4.78 is 26.7. The van der Waals surface area contributed by atoms with Crippen LogP contribution >= 0.6 is 0 Å². The summed E-state index contributed by atoms with van der Waals surface area (Å²) in [5, 5.41) is 8.90. The average molecular weight is 366 g/mol. The second kappa shape index (κ2) is 6.10. The van der Waals surface area contributed by atoms with Crippen molar-refractivity contribution in [2.24, 2.45) is 11.3 Å². The molecule has 25 heavy (non-hydrogen) atoms. The minimum atomic E-state index is -3.68. The maximum absolute atomic E-state index is 12.7. The molecule has 1 aromatic carbocycles. The van der Waals surface area contributed by atoms with Gasteiger partial charge in [-0.25, -0.2) is 13.2 Å². The molecule has 0 aromatic heterocycles. The molecule has 136 valence electrons. The first kappa shape index (κ1) is 17.9. The summed E-state index contributed by atoms with van der Waals surface area (Å²) in [5.74, 6) is -0.925. The first-order valence-corrected chi connectivity index (χ1v) is 9.69.